The number of rotatable bonds is 4. The highest BCUT2D eigenvalue weighted by molar-refractivity contribution is 5.90. The average Bonchev–Trinajstić information content (AvgIpc) is 2.26. The van der Waals surface area contributed by atoms with Gasteiger partial charge in [-0.25, -0.2) is 9.97 Å². The molecule has 0 saturated heterocycles. The maximum Gasteiger partial charge on any atom is 0.289 e. The lowest BCUT2D eigenvalue weighted by molar-refractivity contribution is 0.0934. The van der Waals surface area contributed by atoms with Gasteiger partial charge in [-0.2, -0.15) is 0 Å². The summed E-state index contributed by atoms with van der Waals surface area (Å²) in [4.78, 5) is 19.4. The molecule has 0 aliphatic carbocycles. The van der Waals surface area contributed by atoms with Crippen LogP contribution in [0.5, 0.6) is 0 Å². The van der Waals surface area contributed by atoms with Gasteiger partial charge in [-0.15, -0.1) is 0 Å². The molecule has 0 aromatic carbocycles. The Labute approximate surface area is 88.6 Å². The first-order valence-corrected chi connectivity index (χ1v) is 4.87. The van der Waals surface area contributed by atoms with Crippen LogP contribution < -0.4 is 5.32 Å². The van der Waals surface area contributed by atoms with Gasteiger partial charge in [-0.1, -0.05) is 13.8 Å². The van der Waals surface area contributed by atoms with E-state index in [-0.39, 0.29) is 30.8 Å². The van der Waals surface area contributed by atoms with Crippen LogP contribution in [0.1, 0.15) is 36.1 Å². The van der Waals surface area contributed by atoms with Crippen molar-refractivity contribution in [3.05, 3.63) is 23.8 Å². The zero-order valence-corrected chi connectivity index (χ0v) is 8.90. The predicted octanol–water partition coefficient (Wildman–Crippen LogP) is 0.322. The van der Waals surface area contributed by atoms with Gasteiger partial charge in [-0.05, 0) is 12.0 Å². The van der Waals surface area contributed by atoms with Crippen LogP contribution in [0.15, 0.2) is 12.3 Å². The Morgan fingerprint density at radius 3 is 2.93 bits per heavy atom. The van der Waals surface area contributed by atoms with Crippen molar-refractivity contribution >= 4 is 5.91 Å². The molecule has 5 heteroatoms. The Bertz CT molecular complexity index is 339. The molecule has 0 aliphatic rings. The van der Waals surface area contributed by atoms with Crippen LogP contribution in [0.3, 0.4) is 0 Å². The lowest BCUT2D eigenvalue weighted by Crippen LogP contribution is -2.28. The molecule has 0 aliphatic heterocycles. The standard InChI is InChI=1S/C10H15N3O2/c1-7(2)8-3-4-11-9(13-8)10(15)12-5-6-14/h3-4,7,14H,5-6H2,1-2H3,(H,12,15). The second-order valence-electron chi connectivity index (χ2n) is 3.44. The molecule has 0 bridgehead atoms. The highest BCUT2D eigenvalue weighted by atomic mass is 16.3. The molecule has 2 N–H and O–H groups in total. The molecule has 1 amide bonds. The van der Waals surface area contributed by atoms with E-state index in [2.05, 4.69) is 15.3 Å². The Balaban J connectivity index is 2.76. The van der Waals surface area contributed by atoms with E-state index in [0.29, 0.717) is 0 Å². The number of nitrogens with zero attached hydrogens (tertiary/aromatic N) is 2. The molecule has 82 valence electrons. The maximum absolute atomic E-state index is 11.4. The van der Waals surface area contributed by atoms with Crippen LogP contribution in [0, 0.1) is 0 Å². The lowest BCUT2D eigenvalue weighted by Gasteiger charge is -2.06. The molecule has 0 saturated carbocycles. The van der Waals surface area contributed by atoms with Crippen molar-refractivity contribution in [2.24, 2.45) is 0 Å². The summed E-state index contributed by atoms with van der Waals surface area (Å²) in [5.74, 6) is 0.0543. The summed E-state index contributed by atoms with van der Waals surface area (Å²) in [6.07, 6.45) is 1.57. The molecule has 1 aromatic rings. The summed E-state index contributed by atoms with van der Waals surface area (Å²) in [5.41, 5.74) is 0.833. The number of carbonyl (C=O) groups excluding carboxylic acids is 1. The quantitative estimate of drug-likeness (QED) is 0.749. The number of hydrogen-bond donors (Lipinski definition) is 2. The van der Waals surface area contributed by atoms with E-state index in [1.54, 1.807) is 12.3 Å². The third-order valence-electron chi connectivity index (χ3n) is 1.87. The van der Waals surface area contributed by atoms with Gasteiger partial charge >= 0.3 is 0 Å². The summed E-state index contributed by atoms with van der Waals surface area (Å²) < 4.78 is 0. The zero-order chi connectivity index (χ0) is 11.3. The molecule has 0 atom stereocenters. The van der Waals surface area contributed by atoms with E-state index < -0.39 is 0 Å². The number of aromatic nitrogens is 2. The Morgan fingerprint density at radius 2 is 2.33 bits per heavy atom. The van der Waals surface area contributed by atoms with Crippen LogP contribution in [0.4, 0.5) is 0 Å². The predicted molar refractivity (Wildman–Crippen MR) is 55.5 cm³/mol. The van der Waals surface area contributed by atoms with Crippen molar-refractivity contribution in [3.8, 4) is 0 Å². The van der Waals surface area contributed by atoms with Gasteiger partial charge in [0.2, 0.25) is 5.82 Å². The molecule has 0 spiro atoms. The topological polar surface area (TPSA) is 75.1 Å². The smallest absolute Gasteiger partial charge is 0.289 e. The summed E-state index contributed by atoms with van der Waals surface area (Å²) in [5, 5.41) is 11.1. The second-order valence-corrected chi connectivity index (χ2v) is 3.44. The van der Waals surface area contributed by atoms with Crippen molar-refractivity contribution < 1.29 is 9.90 Å². The molecule has 1 aromatic heterocycles. The van der Waals surface area contributed by atoms with E-state index >= 15 is 0 Å². The molecule has 0 fully saturated rings. The third kappa shape index (κ3) is 3.28. The highest BCUT2D eigenvalue weighted by Crippen LogP contribution is 2.09. The van der Waals surface area contributed by atoms with Crippen LogP contribution >= 0.6 is 0 Å². The minimum absolute atomic E-state index is 0.0877. The van der Waals surface area contributed by atoms with E-state index in [4.69, 9.17) is 5.11 Å². The number of hydrogen-bond acceptors (Lipinski definition) is 4. The van der Waals surface area contributed by atoms with Gasteiger partial charge in [0.15, 0.2) is 0 Å². The SMILES string of the molecule is CC(C)c1ccnc(C(=O)NCCO)n1. The highest BCUT2D eigenvalue weighted by Gasteiger charge is 2.10. The number of carbonyl (C=O) groups is 1. The van der Waals surface area contributed by atoms with Crippen molar-refractivity contribution in [1.29, 1.82) is 0 Å². The van der Waals surface area contributed by atoms with Crippen molar-refractivity contribution in [3.63, 3.8) is 0 Å². The van der Waals surface area contributed by atoms with Crippen molar-refractivity contribution in [2.75, 3.05) is 13.2 Å². The van der Waals surface area contributed by atoms with Crippen LogP contribution in [0.2, 0.25) is 0 Å². The monoisotopic (exact) mass is 209 g/mol. The molecule has 1 heterocycles. The Kier molecular flexibility index (Phi) is 4.17. The molecule has 5 nitrogen and oxygen atoms in total. The van der Waals surface area contributed by atoms with Gasteiger partial charge in [0, 0.05) is 18.4 Å². The molecule has 0 radical (unpaired) electrons. The number of aliphatic hydroxyl groups is 1. The number of nitrogens with one attached hydrogen (secondary N) is 1. The first-order valence-electron chi connectivity index (χ1n) is 4.87. The molecule has 0 unspecified atom stereocenters. The first kappa shape index (κ1) is 11.6. The number of amides is 1. The van der Waals surface area contributed by atoms with Gasteiger partial charge in [0.25, 0.3) is 5.91 Å². The van der Waals surface area contributed by atoms with E-state index in [1.165, 1.54) is 0 Å². The van der Waals surface area contributed by atoms with Crippen molar-refractivity contribution in [1.82, 2.24) is 15.3 Å². The molecule has 15 heavy (non-hydrogen) atoms. The second kappa shape index (κ2) is 5.41. The zero-order valence-electron chi connectivity index (χ0n) is 8.90. The lowest BCUT2D eigenvalue weighted by atomic mass is 10.1. The van der Waals surface area contributed by atoms with Gasteiger partial charge in [-0.3, -0.25) is 4.79 Å². The number of aliphatic hydroxyl groups excluding tert-OH is 1. The minimum Gasteiger partial charge on any atom is -0.395 e. The Morgan fingerprint density at radius 1 is 1.60 bits per heavy atom. The van der Waals surface area contributed by atoms with Gasteiger partial charge in [0.05, 0.1) is 6.61 Å². The molecule has 1 rings (SSSR count). The summed E-state index contributed by atoms with van der Waals surface area (Å²) in [6, 6.07) is 1.79. The summed E-state index contributed by atoms with van der Waals surface area (Å²) in [6.45, 7) is 4.12. The fourth-order valence-electron chi connectivity index (χ4n) is 1.05. The van der Waals surface area contributed by atoms with E-state index in [1.807, 2.05) is 13.8 Å². The fraction of sp³-hybridized carbons (Fsp3) is 0.500. The van der Waals surface area contributed by atoms with E-state index in [0.717, 1.165) is 5.69 Å². The largest absolute Gasteiger partial charge is 0.395 e. The first-order chi connectivity index (χ1) is 7.15. The average molecular weight is 209 g/mol. The maximum atomic E-state index is 11.4. The minimum atomic E-state index is -0.355. The van der Waals surface area contributed by atoms with Gasteiger partial charge < -0.3 is 10.4 Å². The van der Waals surface area contributed by atoms with Crippen molar-refractivity contribution in [2.45, 2.75) is 19.8 Å². The van der Waals surface area contributed by atoms with Crippen LogP contribution in [0.25, 0.3) is 0 Å². The molecular weight excluding hydrogens is 194 g/mol. The van der Waals surface area contributed by atoms with Crippen LogP contribution in [-0.4, -0.2) is 34.1 Å². The van der Waals surface area contributed by atoms with E-state index in [9.17, 15) is 4.79 Å². The summed E-state index contributed by atoms with van der Waals surface area (Å²) in [7, 11) is 0. The normalized spacial score (nSPS) is 10.4. The molecular formula is C10H15N3O2. The third-order valence-corrected chi connectivity index (χ3v) is 1.87. The van der Waals surface area contributed by atoms with Crippen LogP contribution in [-0.2, 0) is 0 Å². The summed E-state index contributed by atoms with van der Waals surface area (Å²) >= 11 is 0. The fourth-order valence-corrected chi connectivity index (χ4v) is 1.05. The van der Waals surface area contributed by atoms with Gasteiger partial charge in [0.1, 0.15) is 0 Å². The Hall–Kier alpha value is -1.49.